The van der Waals surface area contributed by atoms with Crippen LogP contribution in [0.1, 0.15) is 23.6 Å². The summed E-state index contributed by atoms with van der Waals surface area (Å²) in [5, 5.41) is 24.9. The molecule has 0 amide bonds. The van der Waals surface area contributed by atoms with Gasteiger partial charge in [-0.3, -0.25) is 5.01 Å². The van der Waals surface area contributed by atoms with E-state index in [1.165, 1.54) is 11.5 Å². The molecule has 10 heteroatoms. The SMILES string of the molecule is Cc1cc(Nc2cc(N3CC[C@@H](CO)C3)nc3c(C4C=NN(C)C4)cnn23)sn1. The summed E-state index contributed by atoms with van der Waals surface area (Å²) in [5.74, 6) is 2.23. The average Bonchev–Trinajstić information content (AvgIpc) is 3.48. The molecule has 2 atom stereocenters. The second kappa shape index (κ2) is 7.27. The lowest BCUT2D eigenvalue weighted by Crippen LogP contribution is -2.22. The van der Waals surface area contributed by atoms with Gasteiger partial charge in [-0.1, -0.05) is 0 Å². The highest BCUT2D eigenvalue weighted by atomic mass is 32.1. The summed E-state index contributed by atoms with van der Waals surface area (Å²) < 4.78 is 6.22. The van der Waals surface area contributed by atoms with E-state index in [1.807, 2.05) is 48.0 Å². The van der Waals surface area contributed by atoms with Crippen LogP contribution in [0, 0.1) is 12.8 Å². The third kappa shape index (κ3) is 3.42. The Bertz CT molecular complexity index is 1060. The second-order valence-corrected chi connectivity index (χ2v) is 8.59. The molecule has 9 nitrogen and oxygen atoms in total. The van der Waals surface area contributed by atoms with Gasteiger partial charge in [-0.2, -0.15) is 19.1 Å². The van der Waals surface area contributed by atoms with E-state index in [-0.39, 0.29) is 12.5 Å². The van der Waals surface area contributed by atoms with Gasteiger partial charge in [0.05, 0.1) is 11.9 Å². The van der Waals surface area contributed by atoms with Gasteiger partial charge in [0.1, 0.15) is 16.6 Å². The van der Waals surface area contributed by atoms with Gasteiger partial charge in [-0.05, 0) is 30.9 Å². The number of anilines is 3. The Hall–Kier alpha value is -2.72. The van der Waals surface area contributed by atoms with Crippen molar-refractivity contribution < 1.29 is 5.11 Å². The van der Waals surface area contributed by atoms with Crippen molar-refractivity contribution in [1.29, 1.82) is 0 Å². The first-order valence-electron chi connectivity index (χ1n) is 9.81. The van der Waals surface area contributed by atoms with Crippen LogP contribution >= 0.6 is 11.5 Å². The van der Waals surface area contributed by atoms with Crippen LogP contribution in [0.3, 0.4) is 0 Å². The largest absolute Gasteiger partial charge is 0.396 e. The minimum absolute atomic E-state index is 0.169. The van der Waals surface area contributed by atoms with Crippen LogP contribution in [0.2, 0.25) is 0 Å². The van der Waals surface area contributed by atoms with Gasteiger partial charge >= 0.3 is 0 Å². The molecule has 0 spiro atoms. The van der Waals surface area contributed by atoms with E-state index in [2.05, 4.69) is 24.8 Å². The van der Waals surface area contributed by atoms with Gasteiger partial charge in [0.15, 0.2) is 5.65 Å². The van der Waals surface area contributed by atoms with Crippen molar-refractivity contribution in [3.05, 3.63) is 29.6 Å². The molecule has 2 aliphatic heterocycles. The molecule has 5 rings (SSSR count). The number of aryl methyl sites for hydroxylation is 1. The number of rotatable bonds is 5. The van der Waals surface area contributed by atoms with Crippen molar-refractivity contribution in [2.24, 2.45) is 11.0 Å². The highest BCUT2D eigenvalue weighted by Crippen LogP contribution is 2.31. The minimum Gasteiger partial charge on any atom is -0.396 e. The Labute approximate surface area is 172 Å². The summed E-state index contributed by atoms with van der Waals surface area (Å²) in [6.45, 7) is 4.73. The summed E-state index contributed by atoms with van der Waals surface area (Å²) in [6.07, 6.45) is 4.83. The molecule has 0 radical (unpaired) electrons. The number of aromatic nitrogens is 4. The van der Waals surface area contributed by atoms with Crippen LogP contribution in [0.25, 0.3) is 5.65 Å². The number of aliphatic hydroxyl groups excluding tert-OH is 1. The number of nitrogens with one attached hydrogen (secondary N) is 1. The third-order valence-corrected chi connectivity index (χ3v) is 6.33. The molecule has 0 aromatic carbocycles. The fourth-order valence-corrected chi connectivity index (χ4v) is 4.64. The maximum absolute atomic E-state index is 9.54. The van der Waals surface area contributed by atoms with Crippen molar-refractivity contribution in [3.8, 4) is 0 Å². The van der Waals surface area contributed by atoms with E-state index in [0.29, 0.717) is 5.92 Å². The normalized spacial score (nSPS) is 21.6. The summed E-state index contributed by atoms with van der Waals surface area (Å²) in [6, 6.07) is 4.06. The molecule has 2 aliphatic rings. The number of hydrogen-bond donors (Lipinski definition) is 2. The van der Waals surface area contributed by atoms with Crippen LogP contribution in [0.5, 0.6) is 0 Å². The number of hydrogen-bond acceptors (Lipinski definition) is 9. The van der Waals surface area contributed by atoms with Gasteiger partial charge in [-0.25, -0.2) is 4.98 Å². The van der Waals surface area contributed by atoms with E-state index in [1.54, 1.807) is 0 Å². The van der Waals surface area contributed by atoms with Crippen LogP contribution in [-0.4, -0.2) is 68.6 Å². The van der Waals surface area contributed by atoms with Crippen molar-refractivity contribution in [3.63, 3.8) is 0 Å². The molecule has 3 aromatic rings. The lowest BCUT2D eigenvalue weighted by Gasteiger charge is -2.19. The maximum atomic E-state index is 9.54. The van der Waals surface area contributed by atoms with Crippen LogP contribution in [0.4, 0.5) is 16.6 Å². The Morgan fingerprint density at radius 3 is 2.90 bits per heavy atom. The zero-order chi connectivity index (χ0) is 20.0. The molecule has 5 heterocycles. The predicted molar refractivity (Wildman–Crippen MR) is 114 cm³/mol. The van der Waals surface area contributed by atoms with Crippen LogP contribution < -0.4 is 10.2 Å². The van der Waals surface area contributed by atoms with Gasteiger partial charge in [0.25, 0.3) is 0 Å². The molecule has 1 saturated heterocycles. The second-order valence-electron chi connectivity index (χ2n) is 7.79. The molecule has 152 valence electrons. The Morgan fingerprint density at radius 2 is 2.21 bits per heavy atom. The zero-order valence-corrected chi connectivity index (χ0v) is 17.3. The first-order valence-corrected chi connectivity index (χ1v) is 10.6. The van der Waals surface area contributed by atoms with Crippen molar-refractivity contribution >= 4 is 40.0 Å². The Morgan fingerprint density at radius 1 is 1.31 bits per heavy atom. The fraction of sp³-hybridized carbons (Fsp3) is 0.474. The van der Waals surface area contributed by atoms with E-state index in [4.69, 9.17) is 4.98 Å². The fourth-order valence-electron chi connectivity index (χ4n) is 3.97. The zero-order valence-electron chi connectivity index (χ0n) is 16.5. The van der Waals surface area contributed by atoms with E-state index >= 15 is 0 Å². The minimum atomic E-state index is 0.169. The van der Waals surface area contributed by atoms with Gasteiger partial charge in [-0.15, -0.1) is 0 Å². The highest BCUT2D eigenvalue weighted by molar-refractivity contribution is 7.10. The Kier molecular flexibility index (Phi) is 4.59. The number of likely N-dealkylation sites (N-methyl/N-ethyl adjacent to an activating group) is 1. The molecular weight excluding hydrogens is 388 g/mol. The van der Waals surface area contributed by atoms with E-state index < -0.39 is 0 Å². The number of hydrazone groups is 1. The predicted octanol–water partition coefficient (Wildman–Crippen LogP) is 2.07. The molecule has 0 aliphatic carbocycles. The number of nitrogens with zero attached hydrogens (tertiary/aromatic N) is 7. The van der Waals surface area contributed by atoms with E-state index in [0.717, 1.165) is 59.6 Å². The van der Waals surface area contributed by atoms with Crippen LogP contribution in [-0.2, 0) is 0 Å². The lowest BCUT2D eigenvalue weighted by molar-refractivity contribution is 0.238. The summed E-state index contributed by atoms with van der Waals surface area (Å²) in [7, 11) is 1.97. The topological polar surface area (TPSA) is 94.2 Å². The molecule has 0 bridgehead atoms. The standard InChI is InChI=1S/C19H24N8OS/c1-12-5-18(29-24-12)22-17-6-16(26-4-3-13(9-26)11-28)23-19-15(8-21-27(17)19)14-7-20-25(2)10-14/h5-8,13-14,22,28H,3-4,9-11H2,1-2H3/t13-,14?/m1/s1. The first kappa shape index (κ1) is 18.3. The highest BCUT2D eigenvalue weighted by Gasteiger charge is 2.27. The molecule has 3 aromatic heterocycles. The van der Waals surface area contributed by atoms with Gasteiger partial charge < -0.3 is 15.3 Å². The molecule has 29 heavy (non-hydrogen) atoms. The maximum Gasteiger partial charge on any atom is 0.163 e. The van der Waals surface area contributed by atoms with Gasteiger partial charge in [0, 0.05) is 63.0 Å². The molecule has 0 saturated carbocycles. The molecule has 1 unspecified atom stereocenters. The number of aliphatic hydroxyl groups is 1. The molecular formula is C19H24N8OS. The number of fused-ring (bicyclic) bond motifs is 1. The Balaban J connectivity index is 1.58. The average molecular weight is 413 g/mol. The van der Waals surface area contributed by atoms with Crippen molar-refractivity contribution in [2.75, 3.05) is 43.5 Å². The smallest absolute Gasteiger partial charge is 0.163 e. The van der Waals surface area contributed by atoms with Crippen LogP contribution in [0.15, 0.2) is 23.4 Å². The summed E-state index contributed by atoms with van der Waals surface area (Å²) in [5.41, 5.74) is 2.89. The summed E-state index contributed by atoms with van der Waals surface area (Å²) >= 11 is 1.43. The summed E-state index contributed by atoms with van der Waals surface area (Å²) in [4.78, 5) is 7.22. The molecule has 1 fully saturated rings. The quantitative estimate of drug-likeness (QED) is 0.662. The van der Waals surface area contributed by atoms with Gasteiger partial charge in [0.2, 0.25) is 0 Å². The van der Waals surface area contributed by atoms with Crippen molar-refractivity contribution in [2.45, 2.75) is 19.3 Å². The monoisotopic (exact) mass is 412 g/mol. The first-order chi connectivity index (χ1) is 14.1. The van der Waals surface area contributed by atoms with E-state index in [9.17, 15) is 5.11 Å². The lowest BCUT2D eigenvalue weighted by atomic mass is 10.0. The third-order valence-electron chi connectivity index (χ3n) is 5.54. The molecule has 2 N–H and O–H groups in total. The van der Waals surface area contributed by atoms with Crippen molar-refractivity contribution in [1.82, 2.24) is 24.0 Å².